The molecule has 0 atom stereocenters. The van der Waals surface area contributed by atoms with Crippen molar-refractivity contribution in [2.75, 3.05) is 0 Å². The van der Waals surface area contributed by atoms with E-state index >= 15 is 0 Å². The number of aromatic nitrogens is 2. The molecule has 0 aliphatic carbocycles. The Labute approximate surface area is 144 Å². The number of amides is 1. The highest BCUT2D eigenvalue weighted by molar-refractivity contribution is 7.07. The molecule has 1 N–H and O–H groups in total. The van der Waals surface area contributed by atoms with E-state index in [1.165, 1.54) is 0 Å². The van der Waals surface area contributed by atoms with E-state index in [1.807, 2.05) is 54.6 Å². The van der Waals surface area contributed by atoms with Gasteiger partial charge in [0.05, 0.1) is 5.69 Å². The Morgan fingerprint density at radius 3 is 2.50 bits per heavy atom. The largest absolute Gasteiger partial charge is 0.489 e. The molecular weight excluding hydrogens is 322 g/mol. The predicted molar refractivity (Wildman–Crippen MR) is 93.0 cm³/mol. The second-order valence-electron chi connectivity index (χ2n) is 5.29. The van der Waals surface area contributed by atoms with Crippen LogP contribution in [0.3, 0.4) is 0 Å². The molecule has 1 amide bonds. The molecule has 0 bridgehead atoms. The second kappa shape index (κ2) is 7.70. The van der Waals surface area contributed by atoms with Crippen molar-refractivity contribution in [3.05, 3.63) is 76.3 Å². The first-order chi connectivity index (χ1) is 11.7. The second-order valence-corrected chi connectivity index (χ2v) is 6.04. The Kier molecular flexibility index (Phi) is 5.18. The maximum atomic E-state index is 12.0. The van der Waals surface area contributed by atoms with E-state index in [9.17, 15) is 4.79 Å². The molecule has 1 aromatic heterocycles. The Bertz CT molecular complexity index is 801. The minimum atomic E-state index is -0.146. The van der Waals surface area contributed by atoms with Gasteiger partial charge in [0, 0.05) is 6.54 Å². The predicted octanol–water partition coefficient (Wildman–Crippen LogP) is 3.36. The minimum absolute atomic E-state index is 0.146. The van der Waals surface area contributed by atoms with Gasteiger partial charge in [-0.3, -0.25) is 4.79 Å². The van der Waals surface area contributed by atoms with Gasteiger partial charge in [0.15, 0.2) is 0 Å². The van der Waals surface area contributed by atoms with Crippen molar-refractivity contribution >= 4 is 17.4 Å². The summed E-state index contributed by atoms with van der Waals surface area (Å²) < 4.78 is 9.51. The van der Waals surface area contributed by atoms with Gasteiger partial charge in [0.2, 0.25) is 0 Å². The van der Waals surface area contributed by atoms with Gasteiger partial charge in [-0.1, -0.05) is 47.0 Å². The Balaban J connectivity index is 1.51. The Hall–Kier alpha value is -2.73. The quantitative estimate of drug-likeness (QED) is 0.748. The zero-order valence-electron chi connectivity index (χ0n) is 13.2. The maximum absolute atomic E-state index is 12.0. The van der Waals surface area contributed by atoms with Crippen LogP contribution in [-0.4, -0.2) is 15.5 Å². The summed E-state index contributed by atoms with van der Waals surface area (Å²) in [6, 6.07) is 17.7. The van der Waals surface area contributed by atoms with Crippen LogP contribution < -0.4 is 10.1 Å². The fraction of sp³-hybridized carbons (Fsp3) is 0.167. The smallest absolute Gasteiger partial charge is 0.265 e. The molecule has 24 heavy (non-hydrogen) atoms. The molecule has 1 heterocycles. The highest BCUT2D eigenvalue weighted by atomic mass is 32.1. The molecule has 0 saturated heterocycles. The molecule has 6 heteroatoms. The molecule has 3 rings (SSSR count). The fourth-order valence-corrected chi connectivity index (χ4v) is 2.72. The normalized spacial score (nSPS) is 10.4. The first-order valence-electron chi connectivity index (χ1n) is 7.55. The molecular formula is C18H17N3O2S. The van der Waals surface area contributed by atoms with Gasteiger partial charge in [-0.2, -0.15) is 0 Å². The summed E-state index contributed by atoms with van der Waals surface area (Å²) in [5.74, 6) is 0.656. The van der Waals surface area contributed by atoms with Gasteiger partial charge in [0.25, 0.3) is 5.91 Å². The number of nitrogens with zero attached hydrogens (tertiary/aromatic N) is 2. The average molecular weight is 339 g/mol. The summed E-state index contributed by atoms with van der Waals surface area (Å²) >= 11 is 1.11. The highest BCUT2D eigenvalue weighted by Crippen LogP contribution is 2.15. The van der Waals surface area contributed by atoms with Crippen molar-refractivity contribution < 1.29 is 9.53 Å². The monoisotopic (exact) mass is 339 g/mol. The third-order valence-corrected chi connectivity index (χ3v) is 4.31. The number of nitrogens with one attached hydrogen (secondary N) is 1. The summed E-state index contributed by atoms with van der Waals surface area (Å²) in [6.45, 7) is 2.76. The number of hydrogen-bond acceptors (Lipinski definition) is 5. The lowest BCUT2D eigenvalue weighted by Crippen LogP contribution is -2.22. The average Bonchev–Trinajstić information content (AvgIpc) is 3.06. The van der Waals surface area contributed by atoms with E-state index in [4.69, 9.17) is 4.74 Å². The van der Waals surface area contributed by atoms with Gasteiger partial charge in [0.1, 0.15) is 17.2 Å². The number of ether oxygens (including phenoxy) is 1. The third-order valence-electron chi connectivity index (χ3n) is 3.48. The molecule has 3 aromatic rings. The van der Waals surface area contributed by atoms with E-state index < -0.39 is 0 Å². The van der Waals surface area contributed by atoms with Gasteiger partial charge in [-0.25, -0.2) is 0 Å². The van der Waals surface area contributed by atoms with E-state index in [2.05, 4.69) is 14.9 Å². The molecule has 0 unspecified atom stereocenters. The summed E-state index contributed by atoms with van der Waals surface area (Å²) in [5, 5.41) is 6.71. The fourth-order valence-electron chi connectivity index (χ4n) is 2.15. The Morgan fingerprint density at radius 2 is 1.83 bits per heavy atom. The number of carbonyl (C=O) groups excluding carboxylic acids is 1. The maximum Gasteiger partial charge on any atom is 0.265 e. The zero-order chi connectivity index (χ0) is 16.8. The van der Waals surface area contributed by atoms with Gasteiger partial charge in [-0.05, 0) is 41.7 Å². The number of rotatable bonds is 6. The molecule has 122 valence electrons. The molecule has 0 saturated carbocycles. The molecule has 2 aromatic carbocycles. The minimum Gasteiger partial charge on any atom is -0.489 e. The SMILES string of the molecule is Cc1nnsc1C(=O)NCc1ccc(OCc2ccccc2)cc1. The molecule has 0 aliphatic heterocycles. The van der Waals surface area contributed by atoms with Crippen LogP contribution in [0.1, 0.15) is 26.5 Å². The highest BCUT2D eigenvalue weighted by Gasteiger charge is 2.12. The van der Waals surface area contributed by atoms with Crippen LogP contribution in [0.2, 0.25) is 0 Å². The number of aryl methyl sites for hydroxylation is 1. The topological polar surface area (TPSA) is 64.1 Å². The van der Waals surface area contributed by atoms with Crippen LogP contribution in [-0.2, 0) is 13.2 Å². The van der Waals surface area contributed by atoms with Crippen LogP contribution >= 0.6 is 11.5 Å². The van der Waals surface area contributed by atoms with Gasteiger partial charge < -0.3 is 10.1 Å². The lowest BCUT2D eigenvalue weighted by Gasteiger charge is -2.08. The van der Waals surface area contributed by atoms with Gasteiger partial charge in [-0.15, -0.1) is 5.10 Å². The first-order valence-corrected chi connectivity index (χ1v) is 8.32. The lowest BCUT2D eigenvalue weighted by molar-refractivity contribution is 0.0954. The first kappa shape index (κ1) is 16.1. The van der Waals surface area contributed by atoms with E-state index in [1.54, 1.807) is 6.92 Å². The number of carbonyl (C=O) groups is 1. The summed E-state index contributed by atoms with van der Waals surface area (Å²) in [4.78, 5) is 12.6. The summed E-state index contributed by atoms with van der Waals surface area (Å²) in [6.07, 6.45) is 0. The van der Waals surface area contributed by atoms with Crippen molar-refractivity contribution in [3.8, 4) is 5.75 Å². The molecule has 0 radical (unpaired) electrons. The molecule has 5 nitrogen and oxygen atoms in total. The number of hydrogen-bond donors (Lipinski definition) is 1. The molecule has 0 fully saturated rings. The molecule has 0 spiro atoms. The number of benzene rings is 2. The van der Waals surface area contributed by atoms with Crippen LogP contribution in [0.15, 0.2) is 54.6 Å². The third kappa shape index (κ3) is 4.17. The van der Waals surface area contributed by atoms with Crippen LogP contribution in [0, 0.1) is 6.92 Å². The standard InChI is InChI=1S/C18H17N3O2S/c1-13-17(24-21-20-13)18(22)19-11-14-7-9-16(10-8-14)23-12-15-5-3-2-4-6-15/h2-10H,11-12H2,1H3,(H,19,22). The molecule has 0 aliphatic rings. The van der Waals surface area contributed by atoms with Crippen molar-refractivity contribution in [2.24, 2.45) is 0 Å². The van der Waals surface area contributed by atoms with E-state index in [-0.39, 0.29) is 5.91 Å². The lowest BCUT2D eigenvalue weighted by atomic mass is 10.2. The van der Waals surface area contributed by atoms with Crippen LogP contribution in [0.25, 0.3) is 0 Å². The zero-order valence-corrected chi connectivity index (χ0v) is 14.0. The Morgan fingerprint density at radius 1 is 1.08 bits per heavy atom. The summed E-state index contributed by atoms with van der Waals surface area (Å²) in [7, 11) is 0. The van der Waals surface area contributed by atoms with E-state index in [0.29, 0.717) is 23.7 Å². The van der Waals surface area contributed by atoms with Crippen molar-refractivity contribution in [1.82, 2.24) is 14.9 Å². The van der Waals surface area contributed by atoms with Crippen molar-refractivity contribution in [3.63, 3.8) is 0 Å². The summed E-state index contributed by atoms with van der Waals surface area (Å²) in [5.41, 5.74) is 2.79. The van der Waals surface area contributed by atoms with Gasteiger partial charge >= 0.3 is 0 Å². The van der Waals surface area contributed by atoms with Crippen LogP contribution in [0.4, 0.5) is 0 Å². The van der Waals surface area contributed by atoms with Crippen molar-refractivity contribution in [2.45, 2.75) is 20.1 Å². The van der Waals surface area contributed by atoms with E-state index in [0.717, 1.165) is 28.4 Å². The van der Waals surface area contributed by atoms with Crippen LogP contribution in [0.5, 0.6) is 5.75 Å². The van der Waals surface area contributed by atoms with Crippen molar-refractivity contribution in [1.29, 1.82) is 0 Å².